The van der Waals surface area contributed by atoms with Gasteiger partial charge >= 0.3 is 6.36 Å². The number of amides is 1. The van der Waals surface area contributed by atoms with Gasteiger partial charge in [-0.2, -0.15) is 0 Å². The number of benzene rings is 1. The number of alkyl halides is 3. The third-order valence-corrected chi connectivity index (χ3v) is 1.29. The normalized spacial score (nSPS) is 11.1. The van der Waals surface area contributed by atoms with Crippen LogP contribution in [0.3, 0.4) is 0 Å². The Balaban J connectivity index is 2.79. The molecule has 1 aromatic rings. The zero-order valence-electron chi connectivity index (χ0n) is 6.76. The largest absolute Gasteiger partial charge is 0.573 e. The van der Waals surface area contributed by atoms with Crippen molar-refractivity contribution in [2.75, 3.05) is 0 Å². The topological polar surface area (TPSA) is 52.3 Å². The van der Waals surface area contributed by atoms with E-state index in [-0.39, 0.29) is 5.56 Å². The lowest BCUT2D eigenvalue weighted by atomic mass is 10.2. The van der Waals surface area contributed by atoms with Crippen LogP contribution in [-0.4, -0.2) is 12.3 Å². The number of rotatable bonds is 2. The Kier molecular flexibility index (Phi) is 2.64. The minimum Gasteiger partial charge on any atom is -0.405 e. The lowest BCUT2D eigenvalue weighted by molar-refractivity contribution is -0.274. The van der Waals surface area contributed by atoms with Crippen LogP contribution >= 0.6 is 0 Å². The molecule has 75 valence electrons. The number of carbonyl (C=O) groups is 1. The van der Waals surface area contributed by atoms with Crippen molar-refractivity contribution in [1.82, 2.24) is 0 Å². The van der Waals surface area contributed by atoms with Crippen LogP contribution in [0.25, 0.3) is 0 Å². The van der Waals surface area contributed by atoms with E-state index in [0.29, 0.717) is 0 Å². The highest BCUT2D eigenvalue weighted by Gasteiger charge is 2.31. The van der Waals surface area contributed by atoms with Gasteiger partial charge in [0.05, 0.1) is 0 Å². The van der Waals surface area contributed by atoms with E-state index in [1.165, 1.54) is 0 Å². The number of primary amides is 1. The molecule has 0 aliphatic rings. The molecule has 0 unspecified atom stereocenters. The van der Waals surface area contributed by atoms with Crippen molar-refractivity contribution in [3.8, 4) is 5.75 Å². The number of hydrogen-bond acceptors (Lipinski definition) is 2. The van der Waals surface area contributed by atoms with Crippen molar-refractivity contribution in [2.45, 2.75) is 6.36 Å². The van der Waals surface area contributed by atoms with Crippen molar-refractivity contribution in [2.24, 2.45) is 5.73 Å². The van der Waals surface area contributed by atoms with Gasteiger partial charge in [-0.25, -0.2) is 0 Å². The average molecular weight is 204 g/mol. The Labute approximate surface area is 77.3 Å². The van der Waals surface area contributed by atoms with Gasteiger partial charge in [0, 0.05) is 11.6 Å². The van der Waals surface area contributed by atoms with Crippen LogP contribution < -0.4 is 10.5 Å². The summed E-state index contributed by atoms with van der Waals surface area (Å²) in [6.07, 6.45) is -4.76. The molecule has 1 amide bonds. The molecule has 14 heavy (non-hydrogen) atoms. The van der Waals surface area contributed by atoms with Crippen molar-refractivity contribution in [3.05, 3.63) is 29.8 Å². The average Bonchev–Trinajstić information content (AvgIpc) is 2.02. The van der Waals surface area contributed by atoms with Crippen LogP contribution in [0.2, 0.25) is 0 Å². The highest BCUT2D eigenvalue weighted by atomic mass is 19.4. The SMILES string of the molecule is NC(=O)c1c[c]c(OC(F)(F)F)cc1. The van der Waals surface area contributed by atoms with Crippen molar-refractivity contribution >= 4 is 5.91 Å². The summed E-state index contributed by atoms with van der Waals surface area (Å²) in [7, 11) is 0. The zero-order valence-corrected chi connectivity index (χ0v) is 6.76. The Morgan fingerprint density at radius 3 is 2.43 bits per heavy atom. The second-order valence-electron chi connectivity index (χ2n) is 2.35. The van der Waals surface area contributed by atoms with E-state index >= 15 is 0 Å². The summed E-state index contributed by atoms with van der Waals surface area (Å²) in [5.74, 6) is -1.25. The highest BCUT2D eigenvalue weighted by Crippen LogP contribution is 2.21. The number of carbonyl (C=O) groups excluding carboxylic acids is 1. The smallest absolute Gasteiger partial charge is 0.405 e. The monoisotopic (exact) mass is 204 g/mol. The Morgan fingerprint density at radius 2 is 2.07 bits per heavy atom. The Morgan fingerprint density at radius 1 is 1.43 bits per heavy atom. The molecule has 1 radical (unpaired) electrons. The molecule has 0 atom stereocenters. The van der Waals surface area contributed by atoms with Gasteiger partial charge in [-0.1, -0.05) is 0 Å². The van der Waals surface area contributed by atoms with E-state index in [9.17, 15) is 18.0 Å². The van der Waals surface area contributed by atoms with Gasteiger partial charge in [-0.05, 0) is 18.2 Å². The summed E-state index contributed by atoms with van der Waals surface area (Å²) in [4.78, 5) is 10.5. The lowest BCUT2D eigenvalue weighted by Crippen LogP contribution is -2.17. The first-order chi connectivity index (χ1) is 6.38. The first-order valence-corrected chi connectivity index (χ1v) is 3.46. The molecule has 0 aromatic heterocycles. The molecule has 0 bridgehead atoms. The molecule has 0 fully saturated rings. The van der Waals surface area contributed by atoms with Gasteiger partial charge in [0.1, 0.15) is 5.75 Å². The van der Waals surface area contributed by atoms with Crippen molar-refractivity contribution < 1.29 is 22.7 Å². The lowest BCUT2D eigenvalue weighted by Gasteiger charge is -2.07. The van der Waals surface area contributed by atoms with Gasteiger partial charge in [-0.3, -0.25) is 4.79 Å². The van der Waals surface area contributed by atoms with Gasteiger partial charge in [0.25, 0.3) is 0 Å². The molecule has 2 N–H and O–H groups in total. The third kappa shape index (κ3) is 2.96. The second-order valence-corrected chi connectivity index (χ2v) is 2.35. The summed E-state index contributed by atoms with van der Waals surface area (Å²) < 4.78 is 38.5. The van der Waals surface area contributed by atoms with E-state index in [0.717, 1.165) is 18.2 Å². The van der Waals surface area contributed by atoms with Gasteiger partial charge < -0.3 is 10.5 Å². The predicted molar refractivity (Wildman–Crippen MR) is 40.5 cm³/mol. The Bertz CT molecular complexity index is 331. The fourth-order valence-electron chi connectivity index (χ4n) is 0.752. The maximum Gasteiger partial charge on any atom is 0.573 e. The van der Waals surface area contributed by atoms with E-state index in [1.54, 1.807) is 0 Å². The van der Waals surface area contributed by atoms with E-state index in [2.05, 4.69) is 10.8 Å². The molecular formula is C8H5F3NO2. The summed E-state index contributed by atoms with van der Waals surface area (Å²) in [6, 6.07) is 5.25. The Hall–Kier alpha value is -1.72. The van der Waals surface area contributed by atoms with Crippen LogP contribution in [-0.2, 0) is 0 Å². The van der Waals surface area contributed by atoms with Gasteiger partial charge in [0.15, 0.2) is 0 Å². The predicted octanol–water partition coefficient (Wildman–Crippen LogP) is 1.48. The van der Waals surface area contributed by atoms with E-state index in [4.69, 9.17) is 5.73 Å². The number of ether oxygens (including phenoxy) is 1. The third-order valence-electron chi connectivity index (χ3n) is 1.29. The molecule has 0 aliphatic carbocycles. The maximum atomic E-state index is 11.7. The second kappa shape index (κ2) is 3.57. The molecule has 1 aromatic carbocycles. The van der Waals surface area contributed by atoms with Crippen molar-refractivity contribution in [1.29, 1.82) is 0 Å². The quantitative estimate of drug-likeness (QED) is 0.793. The van der Waals surface area contributed by atoms with Crippen molar-refractivity contribution in [3.63, 3.8) is 0 Å². The van der Waals surface area contributed by atoms with Crippen LogP contribution in [0, 0.1) is 6.07 Å². The van der Waals surface area contributed by atoms with E-state index in [1.807, 2.05) is 0 Å². The first-order valence-electron chi connectivity index (χ1n) is 3.46. The zero-order chi connectivity index (χ0) is 10.8. The summed E-state index contributed by atoms with van der Waals surface area (Å²) in [5.41, 5.74) is 4.94. The molecule has 1 rings (SSSR count). The number of halogens is 3. The molecule has 6 heteroatoms. The minimum absolute atomic E-state index is 0.0690. The van der Waals surface area contributed by atoms with Crippen LogP contribution in [0.15, 0.2) is 18.2 Å². The number of nitrogens with two attached hydrogens (primary N) is 1. The number of hydrogen-bond donors (Lipinski definition) is 1. The van der Waals surface area contributed by atoms with Gasteiger partial charge in [-0.15, -0.1) is 13.2 Å². The molecule has 0 aliphatic heterocycles. The van der Waals surface area contributed by atoms with E-state index < -0.39 is 18.0 Å². The summed E-state index contributed by atoms with van der Waals surface area (Å²) in [6.45, 7) is 0. The minimum atomic E-state index is -4.76. The van der Waals surface area contributed by atoms with Crippen LogP contribution in [0.1, 0.15) is 10.4 Å². The molecular weight excluding hydrogens is 199 g/mol. The van der Waals surface area contributed by atoms with Crippen LogP contribution in [0.5, 0.6) is 5.75 Å². The summed E-state index contributed by atoms with van der Waals surface area (Å²) in [5, 5.41) is 0. The first kappa shape index (κ1) is 10.4. The maximum absolute atomic E-state index is 11.7. The molecule has 0 spiro atoms. The molecule has 3 nitrogen and oxygen atoms in total. The van der Waals surface area contributed by atoms with Crippen LogP contribution in [0.4, 0.5) is 13.2 Å². The fraction of sp³-hybridized carbons (Fsp3) is 0.125. The highest BCUT2D eigenvalue weighted by molar-refractivity contribution is 5.92. The molecule has 0 saturated carbocycles. The molecule has 0 heterocycles. The fourth-order valence-corrected chi connectivity index (χ4v) is 0.752. The standard InChI is InChI=1S/C8H5F3NO2/c9-8(10,11)14-6-3-1-5(2-4-6)7(12)13/h1-3H,(H2,12,13). The molecule has 0 saturated heterocycles. The summed E-state index contributed by atoms with van der Waals surface area (Å²) >= 11 is 0. The van der Waals surface area contributed by atoms with Gasteiger partial charge in [0.2, 0.25) is 5.91 Å².